The summed E-state index contributed by atoms with van der Waals surface area (Å²) in [6.45, 7) is 1.42. The van der Waals surface area contributed by atoms with E-state index >= 15 is 8.78 Å². The molecule has 1 saturated heterocycles. The second-order valence-corrected chi connectivity index (χ2v) is 7.61. The van der Waals surface area contributed by atoms with E-state index in [-0.39, 0.29) is 23.2 Å². The molecule has 1 atom stereocenters. The van der Waals surface area contributed by atoms with Gasteiger partial charge < -0.3 is 26.0 Å². The number of nitrogens with two attached hydrogens (primary N) is 2. The zero-order valence-electron chi connectivity index (χ0n) is 15.3. The lowest BCUT2D eigenvalue weighted by atomic mass is 10.1. The summed E-state index contributed by atoms with van der Waals surface area (Å²) in [5, 5.41) is 8.93. The highest BCUT2D eigenvalue weighted by Crippen LogP contribution is 2.42. The molecule has 5 N–H and O–H groups in total. The second kappa shape index (κ2) is 6.73. The maximum Gasteiger partial charge on any atom is 0.341 e. The second-order valence-electron chi connectivity index (χ2n) is 7.61. The van der Waals surface area contributed by atoms with Gasteiger partial charge in [-0.25, -0.2) is 13.6 Å². The van der Waals surface area contributed by atoms with Gasteiger partial charge in [0.1, 0.15) is 11.3 Å². The average molecular weight is 392 g/mol. The van der Waals surface area contributed by atoms with E-state index in [9.17, 15) is 14.7 Å². The van der Waals surface area contributed by atoms with Crippen molar-refractivity contribution in [1.82, 2.24) is 4.57 Å². The maximum absolute atomic E-state index is 15.6. The monoisotopic (exact) mass is 392 g/mol. The number of carbonyl (C=O) groups is 1. The van der Waals surface area contributed by atoms with Crippen LogP contribution in [0, 0.1) is 17.6 Å². The van der Waals surface area contributed by atoms with Crippen LogP contribution in [0.15, 0.2) is 11.0 Å². The van der Waals surface area contributed by atoms with Crippen LogP contribution in [0.5, 0.6) is 0 Å². The third kappa shape index (κ3) is 2.81. The molecule has 28 heavy (non-hydrogen) atoms. The highest BCUT2D eigenvalue weighted by molar-refractivity contribution is 5.99. The van der Waals surface area contributed by atoms with Gasteiger partial charge in [-0.05, 0) is 38.1 Å². The molecule has 1 aliphatic heterocycles. The number of nitrogens with zero attached hydrogens (tertiary/aromatic N) is 2. The molecule has 2 aromatic rings. The Morgan fingerprint density at radius 1 is 1.25 bits per heavy atom. The molecule has 0 spiro atoms. The number of carboxylic acid groups (broad SMARTS) is 1. The standard InChI is InChI=1S/C19H22F2N4O3/c20-13-15(23)12-16(14(21)17(13)24-6-4-9(7-24)3-5-22)25(10-1-2-10)8-11(18(12)26)19(27)28/h8-10H,1-7,22-23H2,(H,27,28)/t9-/m1/s1. The molecule has 150 valence electrons. The Balaban J connectivity index is 1.97. The molecule has 0 amide bonds. The van der Waals surface area contributed by atoms with Crippen molar-refractivity contribution in [3.05, 3.63) is 33.6 Å². The fourth-order valence-electron chi connectivity index (χ4n) is 4.13. The van der Waals surface area contributed by atoms with Gasteiger partial charge >= 0.3 is 5.97 Å². The highest BCUT2D eigenvalue weighted by Gasteiger charge is 2.34. The summed E-state index contributed by atoms with van der Waals surface area (Å²) in [7, 11) is 0. The van der Waals surface area contributed by atoms with Crippen molar-refractivity contribution in [2.75, 3.05) is 30.3 Å². The van der Waals surface area contributed by atoms with E-state index in [0.29, 0.717) is 19.6 Å². The van der Waals surface area contributed by atoms with Crippen molar-refractivity contribution < 1.29 is 18.7 Å². The van der Waals surface area contributed by atoms with E-state index in [1.807, 2.05) is 0 Å². The number of pyridine rings is 1. The summed E-state index contributed by atoms with van der Waals surface area (Å²) < 4.78 is 32.1. The van der Waals surface area contributed by atoms with E-state index in [4.69, 9.17) is 11.5 Å². The number of hydrogen-bond donors (Lipinski definition) is 3. The quantitative estimate of drug-likeness (QED) is 0.671. The van der Waals surface area contributed by atoms with Gasteiger partial charge in [-0.1, -0.05) is 0 Å². The van der Waals surface area contributed by atoms with Crippen molar-refractivity contribution in [3.8, 4) is 0 Å². The van der Waals surface area contributed by atoms with Crippen LogP contribution in [0.2, 0.25) is 0 Å². The zero-order chi connectivity index (χ0) is 20.2. The van der Waals surface area contributed by atoms with Crippen LogP contribution < -0.4 is 21.8 Å². The van der Waals surface area contributed by atoms with Crippen LogP contribution in [0.25, 0.3) is 10.9 Å². The van der Waals surface area contributed by atoms with Crippen LogP contribution in [0.4, 0.5) is 20.2 Å². The Hall–Kier alpha value is -2.68. The summed E-state index contributed by atoms with van der Waals surface area (Å²) in [5.74, 6) is -3.09. The van der Waals surface area contributed by atoms with Crippen LogP contribution in [0.3, 0.4) is 0 Å². The Kier molecular flexibility index (Phi) is 4.49. The van der Waals surface area contributed by atoms with Crippen LogP contribution >= 0.6 is 0 Å². The number of aromatic carboxylic acids is 1. The molecule has 2 fully saturated rings. The van der Waals surface area contributed by atoms with E-state index in [1.165, 1.54) is 4.57 Å². The predicted octanol–water partition coefficient (Wildman–Crippen LogP) is 2.07. The fraction of sp³-hybridized carbons (Fsp3) is 0.474. The molecule has 0 radical (unpaired) electrons. The number of rotatable bonds is 5. The van der Waals surface area contributed by atoms with Crippen molar-refractivity contribution >= 4 is 28.2 Å². The van der Waals surface area contributed by atoms with Gasteiger partial charge in [0.25, 0.3) is 0 Å². The number of aromatic nitrogens is 1. The van der Waals surface area contributed by atoms with Gasteiger partial charge in [-0.15, -0.1) is 0 Å². The van der Waals surface area contributed by atoms with Gasteiger partial charge in [-0.3, -0.25) is 4.79 Å². The Morgan fingerprint density at radius 3 is 2.57 bits per heavy atom. The molecule has 2 heterocycles. The first-order valence-corrected chi connectivity index (χ1v) is 9.38. The first-order chi connectivity index (χ1) is 13.3. The minimum absolute atomic E-state index is 0.117. The lowest BCUT2D eigenvalue weighted by molar-refractivity contribution is 0.0695. The highest BCUT2D eigenvalue weighted by atomic mass is 19.1. The maximum atomic E-state index is 15.6. The van der Waals surface area contributed by atoms with Gasteiger partial charge in [0.05, 0.1) is 16.6 Å². The molecule has 4 rings (SSSR count). The SMILES string of the molecule is NCC[C@@H]1CCN(c2c(F)c(N)c3c(=O)c(C(=O)O)cn(C4CC4)c3c2F)C1. The molecule has 2 aliphatic rings. The number of hydrogen-bond acceptors (Lipinski definition) is 5. The van der Waals surface area contributed by atoms with Crippen molar-refractivity contribution in [2.45, 2.75) is 31.7 Å². The van der Waals surface area contributed by atoms with Crippen LogP contribution in [0.1, 0.15) is 42.1 Å². The van der Waals surface area contributed by atoms with E-state index in [1.54, 1.807) is 4.90 Å². The molecular formula is C19H22F2N4O3. The first kappa shape index (κ1) is 18.7. The lowest BCUT2D eigenvalue weighted by Gasteiger charge is -2.23. The minimum Gasteiger partial charge on any atom is -0.477 e. The summed E-state index contributed by atoms with van der Waals surface area (Å²) in [6.07, 6.45) is 4.13. The van der Waals surface area contributed by atoms with E-state index in [0.717, 1.165) is 31.9 Å². The average Bonchev–Trinajstić information content (AvgIpc) is 3.39. The Labute approximate surface area is 159 Å². The summed E-state index contributed by atoms with van der Waals surface area (Å²) in [6, 6.07) is -0.128. The normalized spacial score (nSPS) is 19.5. The van der Waals surface area contributed by atoms with Gasteiger partial charge in [-0.2, -0.15) is 0 Å². The Bertz CT molecular complexity index is 1030. The third-order valence-corrected chi connectivity index (χ3v) is 5.71. The zero-order valence-corrected chi connectivity index (χ0v) is 15.3. The summed E-state index contributed by atoms with van der Waals surface area (Å²) >= 11 is 0. The van der Waals surface area contributed by atoms with Gasteiger partial charge in [0, 0.05) is 25.3 Å². The topological polar surface area (TPSA) is 115 Å². The number of nitrogen functional groups attached to an aromatic ring is 1. The lowest BCUT2D eigenvalue weighted by Crippen LogP contribution is -2.26. The number of benzene rings is 1. The van der Waals surface area contributed by atoms with Crippen LogP contribution in [-0.2, 0) is 0 Å². The fourth-order valence-corrected chi connectivity index (χ4v) is 4.13. The van der Waals surface area contributed by atoms with Crippen LogP contribution in [-0.4, -0.2) is 35.3 Å². The predicted molar refractivity (Wildman–Crippen MR) is 102 cm³/mol. The number of carboxylic acids is 1. The molecule has 1 aromatic carbocycles. The van der Waals surface area contributed by atoms with Crippen molar-refractivity contribution in [3.63, 3.8) is 0 Å². The van der Waals surface area contributed by atoms with Crippen molar-refractivity contribution in [2.24, 2.45) is 11.7 Å². The first-order valence-electron chi connectivity index (χ1n) is 9.38. The molecular weight excluding hydrogens is 370 g/mol. The summed E-state index contributed by atoms with van der Waals surface area (Å²) in [5.41, 5.74) is 9.13. The number of anilines is 2. The minimum atomic E-state index is -1.45. The van der Waals surface area contributed by atoms with Gasteiger partial charge in [0.2, 0.25) is 5.43 Å². The largest absolute Gasteiger partial charge is 0.477 e. The summed E-state index contributed by atoms with van der Waals surface area (Å²) in [4.78, 5) is 25.7. The van der Waals surface area contributed by atoms with E-state index in [2.05, 4.69) is 0 Å². The molecule has 1 aromatic heterocycles. The molecule has 7 nitrogen and oxygen atoms in total. The number of fused-ring (bicyclic) bond motifs is 1. The van der Waals surface area contributed by atoms with Crippen molar-refractivity contribution in [1.29, 1.82) is 0 Å². The number of halogens is 2. The molecule has 0 unspecified atom stereocenters. The smallest absolute Gasteiger partial charge is 0.341 e. The third-order valence-electron chi connectivity index (χ3n) is 5.71. The molecule has 1 saturated carbocycles. The molecule has 9 heteroatoms. The molecule has 1 aliphatic carbocycles. The molecule has 0 bridgehead atoms. The van der Waals surface area contributed by atoms with Gasteiger partial charge in [0.15, 0.2) is 11.6 Å². The van der Waals surface area contributed by atoms with E-state index < -0.39 is 39.7 Å². The Morgan fingerprint density at radius 2 is 1.96 bits per heavy atom.